The first kappa shape index (κ1) is 18.7. The van der Waals surface area contributed by atoms with Crippen LogP contribution in [0.1, 0.15) is 42.3 Å². The van der Waals surface area contributed by atoms with E-state index in [0.717, 1.165) is 16.9 Å². The highest BCUT2D eigenvalue weighted by Gasteiger charge is 2.04. The second-order valence-corrected chi connectivity index (χ2v) is 5.84. The van der Waals surface area contributed by atoms with Crippen LogP contribution in [0, 0.1) is 12.8 Å². The van der Waals surface area contributed by atoms with Crippen molar-refractivity contribution in [2.45, 2.75) is 34.3 Å². The maximum absolute atomic E-state index is 11.4. The molecule has 0 unspecified atom stereocenters. The Labute approximate surface area is 139 Å². The van der Waals surface area contributed by atoms with Gasteiger partial charge in [-0.3, -0.25) is 4.79 Å². The van der Waals surface area contributed by atoms with Gasteiger partial charge in [0, 0.05) is 5.56 Å². The molecule has 23 heavy (non-hydrogen) atoms. The molecule has 2 aromatic rings. The number of rotatable bonds is 5. The van der Waals surface area contributed by atoms with Crippen LogP contribution < -0.4 is 4.74 Å². The molecule has 0 aliphatic carbocycles. The lowest BCUT2D eigenvalue weighted by atomic mass is 10.1. The fourth-order valence-electron chi connectivity index (χ4n) is 1.78. The SMILES string of the molecule is C=CC(C)C.CC(=O)c1cc(C)cc(OCc2ccccc2)c1. The van der Waals surface area contributed by atoms with Crippen LogP contribution in [0.15, 0.2) is 61.2 Å². The summed E-state index contributed by atoms with van der Waals surface area (Å²) >= 11 is 0. The van der Waals surface area contributed by atoms with Gasteiger partial charge in [0.2, 0.25) is 0 Å². The summed E-state index contributed by atoms with van der Waals surface area (Å²) < 4.78 is 5.71. The molecule has 0 amide bonds. The summed E-state index contributed by atoms with van der Waals surface area (Å²) in [4.78, 5) is 11.4. The van der Waals surface area contributed by atoms with Crippen molar-refractivity contribution in [3.05, 3.63) is 77.9 Å². The van der Waals surface area contributed by atoms with Crippen LogP contribution in [0.25, 0.3) is 0 Å². The van der Waals surface area contributed by atoms with Crippen molar-refractivity contribution < 1.29 is 9.53 Å². The van der Waals surface area contributed by atoms with Crippen molar-refractivity contribution in [1.82, 2.24) is 0 Å². The Morgan fingerprint density at radius 3 is 2.30 bits per heavy atom. The molecule has 0 aliphatic heterocycles. The Balaban J connectivity index is 0.000000463. The normalized spacial score (nSPS) is 9.78. The van der Waals surface area contributed by atoms with Crippen molar-refractivity contribution in [1.29, 1.82) is 0 Å². The van der Waals surface area contributed by atoms with Gasteiger partial charge in [0.25, 0.3) is 0 Å². The highest BCUT2D eigenvalue weighted by Crippen LogP contribution is 2.18. The zero-order chi connectivity index (χ0) is 17.2. The largest absolute Gasteiger partial charge is 0.489 e. The minimum atomic E-state index is 0.0586. The Kier molecular flexibility index (Phi) is 7.82. The maximum Gasteiger partial charge on any atom is 0.159 e. The minimum absolute atomic E-state index is 0.0586. The second kappa shape index (κ2) is 9.62. The number of ether oxygens (including phenoxy) is 1. The molecular formula is C21H26O2. The molecule has 0 N–H and O–H groups in total. The number of carbonyl (C=O) groups is 1. The Morgan fingerprint density at radius 2 is 1.78 bits per heavy atom. The van der Waals surface area contributed by atoms with Crippen LogP contribution in [0.5, 0.6) is 5.75 Å². The Hall–Kier alpha value is -2.35. The lowest BCUT2D eigenvalue weighted by Crippen LogP contribution is -1.98. The fraction of sp³-hybridized carbons (Fsp3) is 0.286. The van der Waals surface area contributed by atoms with Crippen molar-refractivity contribution in [2.75, 3.05) is 0 Å². The molecule has 0 spiro atoms. The van der Waals surface area contributed by atoms with E-state index in [0.29, 0.717) is 18.1 Å². The molecule has 0 saturated carbocycles. The van der Waals surface area contributed by atoms with E-state index in [4.69, 9.17) is 4.74 Å². The van der Waals surface area contributed by atoms with Crippen molar-refractivity contribution in [3.63, 3.8) is 0 Å². The highest BCUT2D eigenvalue weighted by atomic mass is 16.5. The number of aryl methyl sites for hydroxylation is 1. The predicted octanol–water partition coefficient (Wildman–Crippen LogP) is 5.61. The standard InChI is InChI=1S/C16H16O2.C5H10/c1-12-8-15(13(2)17)10-16(9-12)18-11-14-6-4-3-5-7-14;1-4-5(2)3/h3-10H,11H2,1-2H3;4-5H,1H2,2-3H3. The smallest absolute Gasteiger partial charge is 0.159 e. The summed E-state index contributed by atoms with van der Waals surface area (Å²) in [5.41, 5.74) is 2.84. The number of Topliss-reactive ketones (excluding diaryl/α,β-unsaturated/α-hetero) is 1. The summed E-state index contributed by atoms with van der Waals surface area (Å²) in [6, 6.07) is 15.6. The van der Waals surface area contributed by atoms with E-state index in [1.165, 1.54) is 0 Å². The van der Waals surface area contributed by atoms with Gasteiger partial charge in [-0.1, -0.05) is 50.3 Å². The quantitative estimate of drug-likeness (QED) is 0.530. The van der Waals surface area contributed by atoms with E-state index in [9.17, 15) is 4.79 Å². The fourth-order valence-corrected chi connectivity index (χ4v) is 1.78. The maximum atomic E-state index is 11.4. The van der Waals surface area contributed by atoms with Crippen molar-refractivity contribution >= 4 is 5.78 Å². The second-order valence-electron chi connectivity index (χ2n) is 5.84. The third-order valence-electron chi connectivity index (χ3n) is 3.18. The molecule has 0 atom stereocenters. The van der Waals surface area contributed by atoms with Crippen LogP contribution in [-0.2, 0) is 6.61 Å². The van der Waals surface area contributed by atoms with Crippen LogP contribution in [0.2, 0.25) is 0 Å². The number of carbonyl (C=O) groups excluding carboxylic acids is 1. The third kappa shape index (κ3) is 7.46. The lowest BCUT2D eigenvalue weighted by Gasteiger charge is -2.08. The summed E-state index contributed by atoms with van der Waals surface area (Å²) in [5, 5.41) is 0. The van der Waals surface area contributed by atoms with E-state index in [1.54, 1.807) is 13.0 Å². The van der Waals surface area contributed by atoms with Gasteiger partial charge in [0.15, 0.2) is 5.78 Å². The molecule has 2 nitrogen and oxygen atoms in total. The zero-order valence-corrected chi connectivity index (χ0v) is 14.5. The van der Waals surface area contributed by atoms with Crippen LogP contribution in [0.4, 0.5) is 0 Å². The van der Waals surface area contributed by atoms with Crippen molar-refractivity contribution in [3.8, 4) is 5.75 Å². The van der Waals surface area contributed by atoms with E-state index >= 15 is 0 Å². The van der Waals surface area contributed by atoms with Gasteiger partial charge in [-0.05, 0) is 49.1 Å². The van der Waals surface area contributed by atoms with Gasteiger partial charge in [0.1, 0.15) is 12.4 Å². The molecule has 0 heterocycles. The van der Waals surface area contributed by atoms with Gasteiger partial charge in [-0.2, -0.15) is 0 Å². The van der Waals surface area contributed by atoms with Gasteiger partial charge in [-0.15, -0.1) is 6.58 Å². The summed E-state index contributed by atoms with van der Waals surface area (Å²) in [6.07, 6.45) is 1.92. The van der Waals surface area contributed by atoms with Gasteiger partial charge in [-0.25, -0.2) is 0 Å². The van der Waals surface area contributed by atoms with Gasteiger partial charge in [0.05, 0.1) is 0 Å². The average molecular weight is 310 g/mol. The molecule has 2 rings (SSSR count). The van der Waals surface area contributed by atoms with Gasteiger partial charge >= 0.3 is 0 Å². The molecule has 0 saturated heterocycles. The molecule has 0 radical (unpaired) electrons. The van der Waals surface area contributed by atoms with Crippen molar-refractivity contribution in [2.24, 2.45) is 5.92 Å². The number of hydrogen-bond acceptors (Lipinski definition) is 2. The molecular weight excluding hydrogens is 284 g/mol. The topological polar surface area (TPSA) is 26.3 Å². The molecule has 0 aliphatic rings. The van der Waals surface area contributed by atoms with Crippen LogP contribution >= 0.6 is 0 Å². The highest BCUT2D eigenvalue weighted by molar-refractivity contribution is 5.94. The number of ketones is 1. The summed E-state index contributed by atoms with van der Waals surface area (Å²) in [7, 11) is 0. The summed E-state index contributed by atoms with van der Waals surface area (Å²) in [6.45, 7) is 11.8. The zero-order valence-electron chi connectivity index (χ0n) is 14.5. The summed E-state index contributed by atoms with van der Waals surface area (Å²) in [5.74, 6) is 1.45. The van der Waals surface area contributed by atoms with Crippen LogP contribution in [-0.4, -0.2) is 5.78 Å². The predicted molar refractivity (Wildman–Crippen MR) is 97.0 cm³/mol. The first-order valence-electron chi connectivity index (χ1n) is 7.84. The average Bonchev–Trinajstić information content (AvgIpc) is 2.54. The Bertz CT molecular complexity index is 628. The molecule has 0 bridgehead atoms. The third-order valence-corrected chi connectivity index (χ3v) is 3.18. The van der Waals surface area contributed by atoms with Crippen LogP contribution in [0.3, 0.4) is 0 Å². The van der Waals surface area contributed by atoms with E-state index in [1.807, 2.05) is 55.5 Å². The van der Waals surface area contributed by atoms with E-state index in [-0.39, 0.29) is 5.78 Å². The number of allylic oxidation sites excluding steroid dienone is 1. The molecule has 2 heteroatoms. The van der Waals surface area contributed by atoms with E-state index in [2.05, 4.69) is 20.4 Å². The lowest BCUT2D eigenvalue weighted by molar-refractivity contribution is 0.101. The first-order chi connectivity index (χ1) is 10.9. The first-order valence-corrected chi connectivity index (χ1v) is 7.84. The molecule has 122 valence electrons. The number of benzene rings is 2. The number of hydrogen-bond donors (Lipinski definition) is 0. The molecule has 0 fully saturated rings. The monoisotopic (exact) mass is 310 g/mol. The molecule has 2 aromatic carbocycles. The minimum Gasteiger partial charge on any atom is -0.489 e. The van der Waals surface area contributed by atoms with Gasteiger partial charge < -0.3 is 4.74 Å². The molecule has 0 aromatic heterocycles. The Morgan fingerprint density at radius 1 is 1.17 bits per heavy atom. The van der Waals surface area contributed by atoms with E-state index < -0.39 is 0 Å².